The minimum atomic E-state index is -0.0729. The quantitative estimate of drug-likeness (QED) is 0.765. The van der Waals surface area contributed by atoms with Crippen LogP contribution in [0, 0.1) is 0 Å². The molecule has 0 aliphatic rings. The van der Waals surface area contributed by atoms with Crippen LogP contribution in [-0.4, -0.2) is 41.4 Å². The Hall–Kier alpha value is -1.65. The molecule has 0 aliphatic heterocycles. The monoisotopic (exact) mass is 236 g/mol. The van der Waals surface area contributed by atoms with Crippen molar-refractivity contribution in [2.24, 2.45) is 0 Å². The summed E-state index contributed by atoms with van der Waals surface area (Å²) in [6, 6.07) is 0. The van der Waals surface area contributed by atoms with Crippen molar-refractivity contribution in [3.05, 3.63) is 18.1 Å². The van der Waals surface area contributed by atoms with E-state index in [0.717, 1.165) is 25.8 Å². The molecule has 0 bridgehead atoms. The molecule has 0 unspecified atom stereocenters. The molecule has 0 aromatic carbocycles. The van der Waals surface area contributed by atoms with Crippen molar-refractivity contribution in [1.29, 1.82) is 0 Å². The van der Waals surface area contributed by atoms with Gasteiger partial charge in [0.1, 0.15) is 11.5 Å². The largest absolute Gasteiger partial charge is 0.372 e. The molecular weight excluding hydrogens is 216 g/mol. The first-order chi connectivity index (χ1) is 8.19. The number of hydrogen-bond acceptors (Lipinski definition) is 4. The molecule has 5 heteroatoms. The van der Waals surface area contributed by atoms with Crippen molar-refractivity contribution in [1.82, 2.24) is 14.9 Å². The number of carbonyl (C=O) groups excluding carboxylic acids is 1. The molecule has 5 nitrogen and oxygen atoms in total. The van der Waals surface area contributed by atoms with Gasteiger partial charge in [0.05, 0.1) is 12.4 Å². The van der Waals surface area contributed by atoms with Crippen LogP contribution in [0.15, 0.2) is 12.4 Å². The minimum absolute atomic E-state index is 0.0729. The summed E-state index contributed by atoms with van der Waals surface area (Å²) in [5.41, 5.74) is 0.392. The molecule has 1 aromatic rings. The Balaban J connectivity index is 2.55. The standard InChI is InChI=1S/C12H20N4O/c1-4-5-6-7-16(3)12(17)10-8-15-11(13-2)9-14-10/h8-9H,4-7H2,1-3H3,(H,13,15). The summed E-state index contributed by atoms with van der Waals surface area (Å²) < 4.78 is 0. The number of aromatic nitrogens is 2. The second kappa shape index (κ2) is 6.83. The molecule has 1 N–H and O–H groups in total. The Morgan fingerprint density at radius 1 is 1.35 bits per heavy atom. The van der Waals surface area contributed by atoms with Gasteiger partial charge in [0.25, 0.3) is 5.91 Å². The number of nitrogens with zero attached hydrogens (tertiary/aromatic N) is 3. The van der Waals surface area contributed by atoms with Crippen LogP contribution in [0.5, 0.6) is 0 Å². The van der Waals surface area contributed by atoms with Gasteiger partial charge in [-0.15, -0.1) is 0 Å². The number of anilines is 1. The van der Waals surface area contributed by atoms with Crippen molar-refractivity contribution in [2.75, 3.05) is 26.0 Å². The second-order valence-electron chi connectivity index (χ2n) is 3.97. The van der Waals surface area contributed by atoms with Gasteiger partial charge in [-0.3, -0.25) is 4.79 Å². The van der Waals surface area contributed by atoms with Crippen molar-refractivity contribution in [3.8, 4) is 0 Å². The van der Waals surface area contributed by atoms with Gasteiger partial charge < -0.3 is 10.2 Å². The lowest BCUT2D eigenvalue weighted by Crippen LogP contribution is -2.28. The van der Waals surface area contributed by atoms with Crippen molar-refractivity contribution >= 4 is 11.7 Å². The molecule has 0 atom stereocenters. The summed E-state index contributed by atoms with van der Waals surface area (Å²) in [7, 11) is 3.56. The normalized spacial score (nSPS) is 10.1. The Morgan fingerprint density at radius 2 is 2.12 bits per heavy atom. The molecule has 1 amide bonds. The van der Waals surface area contributed by atoms with Crippen molar-refractivity contribution in [3.63, 3.8) is 0 Å². The van der Waals surface area contributed by atoms with Gasteiger partial charge in [0, 0.05) is 20.6 Å². The maximum Gasteiger partial charge on any atom is 0.273 e. The summed E-state index contributed by atoms with van der Waals surface area (Å²) in [4.78, 5) is 21.8. The van der Waals surface area contributed by atoms with Gasteiger partial charge in [-0.2, -0.15) is 0 Å². The van der Waals surface area contributed by atoms with E-state index in [9.17, 15) is 4.79 Å². The van der Waals surface area contributed by atoms with Crippen LogP contribution in [0.2, 0.25) is 0 Å². The van der Waals surface area contributed by atoms with Gasteiger partial charge >= 0.3 is 0 Å². The van der Waals surface area contributed by atoms with Gasteiger partial charge in [-0.05, 0) is 6.42 Å². The van der Waals surface area contributed by atoms with Gasteiger partial charge in [0.2, 0.25) is 0 Å². The van der Waals surface area contributed by atoms with Crippen molar-refractivity contribution < 1.29 is 4.79 Å². The first kappa shape index (κ1) is 13.4. The Morgan fingerprint density at radius 3 is 2.65 bits per heavy atom. The Kier molecular flexibility index (Phi) is 5.39. The number of hydrogen-bond donors (Lipinski definition) is 1. The van der Waals surface area contributed by atoms with Crippen LogP contribution in [0.25, 0.3) is 0 Å². The molecule has 1 heterocycles. The molecule has 1 rings (SSSR count). The van der Waals surface area contributed by atoms with Crippen LogP contribution in [0.4, 0.5) is 5.82 Å². The van der Waals surface area contributed by atoms with E-state index in [4.69, 9.17) is 0 Å². The average Bonchev–Trinajstić information content (AvgIpc) is 2.38. The van der Waals surface area contributed by atoms with Gasteiger partial charge in [0.15, 0.2) is 0 Å². The molecule has 17 heavy (non-hydrogen) atoms. The van der Waals surface area contributed by atoms with Crippen molar-refractivity contribution in [2.45, 2.75) is 26.2 Å². The minimum Gasteiger partial charge on any atom is -0.372 e. The first-order valence-corrected chi connectivity index (χ1v) is 5.94. The van der Waals surface area contributed by atoms with E-state index in [0.29, 0.717) is 11.5 Å². The van der Waals surface area contributed by atoms with Crippen LogP contribution in [-0.2, 0) is 0 Å². The first-order valence-electron chi connectivity index (χ1n) is 5.94. The molecule has 0 fully saturated rings. The average molecular weight is 236 g/mol. The van der Waals surface area contributed by atoms with E-state index >= 15 is 0 Å². The summed E-state index contributed by atoms with van der Waals surface area (Å²) >= 11 is 0. The molecule has 94 valence electrons. The number of nitrogens with one attached hydrogen (secondary N) is 1. The number of carbonyl (C=O) groups is 1. The third-order valence-electron chi connectivity index (χ3n) is 2.57. The second-order valence-corrected chi connectivity index (χ2v) is 3.97. The molecule has 0 spiro atoms. The molecule has 0 saturated heterocycles. The molecule has 0 radical (unpaired) electrons. The van der Waals surface area contributed by atoms with Gasteiger partial charge in [-0.25, -0.2) is 9.97 Å². The number of unbranched alkanes of at least 4 members (excludes halogenated alkanes) is 2. The van der Waals surface area contributed by atoms with E-state index in [-0.39, 0.29) is 5.91 Å². The maximum atomic E-state index is 11.9. The maximum absolute atomic E-state index is 11.9. The van der Waals surface area contributed by atoms with E-state index < -0.39 is 0 Å². The predicted octanol–water partition coefficient (Wildman–Crippen LogP) is 1.78. The number of amides is 1. The highest BCUT2D eigenvalue weighted by Crippen LogP contribution is 2.04. The summed E-state index contributed by atoms with van der Waals surface area (Å²) in [5, 5.41) is 2.87. The molecule has 1 aromatic heterocycles. The van der Waals surface area contributed by atoms with Crippen LogP contribution >= 0.6 is 0 Å². The zero-order valence-corrected chi connectivity index (χ0v) is 10.7. The molecule has 0 saturated carbocycles. The van der Waals surface area contributed by atoms with Crippen LogP contribution < -0.4 is 5.32 Å². The highest BCUT2D eigenvalue weighted by molar-refractivity contribution is 5.91. The fourth-order valence-electron chi connectivity index (χ4n) is 1.46. The van der Waals surface area contributed by atoms with Crippen LogP contribution in [0.3, 0.4) is 0 Å². The fraction of sp³-hybridized carbons (Fsp3) is 0.583. The van der Waals surface area contributed by atoms with E-state index in [1.807, 2.05) is 0 Å². The Labute approximate surface area is 102 Å². The molecule has 0 aliphatic carbocycles. The summed E-state index contributed by atoms with van der Waals surface area (Å²) in [6.07, 6.45) is 6.39. The van der Waals surface area contributed by atoms with E-state index in [1.54, 1.807) is 25.2 Å². The molecular formula is C12H20N4O. The predicted molar refractivity (Wildman–Crippen MR) is 68.1 cm³/mol. The topological polar surface area (TPSA) is 58.1 Å². The zero-order chi connectivity index (χ0) is 12.7. The smallest absolute Gasteiger partial charge is 0.273 e. The van der Waals surface area contributed by atoms with E-state index in [2.05, 4.69) is 22.2 Å². The lowest BCUT2D eigenvalue weighted by Gasteiger charge is -2.16. The lowest BCUT2D eigenvalue weighted by atomic mass is 10.2. The highest BCUT2D eigenvalue weighted by Gasteiger charge is 2.12. The fourth-order valence-corrected chi connectivity index (χ4v) is 1.46. The lowest BCUT2D eigenvalue weighted by molar-refractivity contribution is 0.0786. The van der Waals surface area contributed by atoms with Gasteiger partial charge in [-0.1, -0.05) is 19.8 Å². The SMILES string of the molecule is CCCCCN(C)C(=O)c1cnc(NC)cn1. The highest BCUT2D eigenvalue weighted by atomic mass is 16.2. The zero-order valence-electron chi connectivity index (χ0n) is 10.7. The third kappa shape index (κ3) is 4.01. The van der Waals surface area contributed by atoms with E-state index in [1.165, 1.54) is 6.20 Å². The Bertz CT molecular complexity index is 350. The third-order valence-corrected chi connectivity index (χ3v) is 2.57. The number of rotatable bonds is 6. The summed E-state index contributed by atoms with van der Waals surface area (Å²) in [6.45, 7) is 2.91. The summed E-state index contributed by atoms with van der Waals surface area (Å²) in [5.74, 6) is 0.589. The van der Waals surface area contributed by atoms with Crippen LogP contribution in [0.1, 0.15) is 36.7 Å².